The summed E-state index contributed by atoms with van der Waals surface area (Å²) >= 11 is 3.55. The number of benzene rings is 2. The molecular weight excluding hydrogens is 352 g/mol. The number of nitrogens with one attached hydrogen (secondary N) is 2. The van der Waals surface area contributed by atoms with E-state index in [0.29, 0.717) is 5.95 Å². The van der Waals surface area contributed by atoms with Crippen LogP contribution < -0.4 is 10.6 Å². The Morgan fingerprint density at radius 1 is 0.957 bits per heavy atom. The van der Waals surface area contributed by atoms with Crippen LogP contribution in [0.3, 0.4) is 0 Å². The van der Waals surface area contributed by atoms with Crippen LogP contribution in [0.4, 0.5) is 17.5 Å². The van der Waals surface area contributed by atoms with Gasteiger partial charge in [0.25, 0.3) is 0 Å². The molecule has 116 valence electrons. The quantitative estimate of drug-likeness (QED) is 0.680. The van der Waals surface area contributed by atoms with Crippen LogP contribution in [-0.2, 0) is 0 Å². The van der Waals surface area contributed by atoms with Gasteiger partial charge in [-0.15, -0.1) is 0 Å². The molecule has 0 spiro atoms. The zero-order valence-electron chi connectivity index (χ0n) is 13.0. The zero-order valence-corrected chi connectivity index (χ0v) is 14.6. The first-order valence-electron chi connectivity index (χ1n) is 7.32. The summed E-state index contributed by atoms with van der Waals surface area (Å²) in [5, 5.41) is 6.39. The average Bonchev–Trinajstić information content (AvgIpc) is 2.59. The molecule has 0 aliphatic carbocycles. The molecule has 4 nitrogen and oxygen atoms in total. The predicted octanol–water partition coefficient (Wildman–Crippen LogP) is 5.00. The Hall–Kier alpha value is -2.40. The Balaban J connectivity index is 2.01. The first-order valence-corrected chi connectivity index (χ1v) is 8.11. The van der Waals surface area contributed by atoms with E-state index in [-0.39, 0.29) is 0 Å². The summed E-state index contributed by atoms with van der Waals surface area (Å²) in [6, 6.07) is 18.1. The van der Waals surface area contributed by atoms with Gasteiger partial charge in [0, 0.05) is 28.8 Å². The molecule has 0 atom stereocenters. The van der Waals surface area contributed by atoms with E-state index in [1.807, 2.05) is 61.6 Å². The van der Waals surface area contributed by atoms with Crippen LogP contribution in [0.2, 0.25) is 0 Å². The van der Waals surface area contributed by atoms with Crippen LogP contribution in [0.15, 0.2) is 59.1 Å². The van der Waals surface area contributed by atoms with Crippen molar-refractivity contribution in [3.05, 3.63) is 64.6 Å². The molecule has 0 aliphatic heterocycles. The fraction of sp³-hybridized carbons (Fsp3) is 0.111. The fourth-order valence-corrected chi connectivity index (χ4v) is 2.63. The van der Waals surface area contributed by atoms with E-state index >= 15 is 0 Å². The third-order valence-electron chi connectivity index (χ3n) is 3.55. The lowest BCUT2D eigenvalue weighted by atomic mass is 10.1. The molecule has 5 heteroatoms. The van der Waals surface area contributed by atoms with Crippen molar-refractivity contribution in [3.8, 4) is 11.3 Å². The topological polar surface area (TPSA) is 49.8 Å². The third-order valence-corrected chi connectivity index (χ3v) is 4.41. The number of hydrogen-bond acceptors (Lipinski definition) is 4. The van der Waals surface area contributed by atoms with E-state index in [0.717, 1.165) is 32.8 Å². The van der Waals surface area contributed by atoms with Gasteiger partial charge in [0.2, 0.25) is 5.95 Å². The summed E-state index contributed by atoms with van der Waals surface area (Å²) in [6.45, 7) is 2.06. The van der Waals surface area contributed by atoms with Crippen molar-refractivity contribution < 1.29 is 0 Å². The smallest absolute Gasteiger partial charge is 0.224 e. The van der Waals surface area contributed by atoms with Gasteiger partial charge in [-0.1, -0.05) is 52.3 Å². The fourth-order valence-electron chi connectivity index (χ4n) is 2.26. The number of hydrogen-bond donors (Lipinski definition) is 2. The van der Waals surface area contributed by atoms with Crippen molar-refractivity contribution in [2.45, 2.75) is 6.92 Å². The van der Waals surface area contributed by atoms with Gasteiger partial charge in [0.15, 0.2) is 0 Å². The first kappa shape index (κ1) is 15.5. The van der Waals surface area contributed by atoms with Gasteiger partial charge in [-0.05, 0) is 24.6 Å². The SMILES string of the molecule is CNc1nc(Nc2cccc(Br)c2C)cc(-c2ccccc2)n1. The van der Waals surface area contributed by atoms with Gasteiger partial charge < -0.3 is 10.6 Å². The minimum atomic E-state index is 0.585. The second-order valence-electron chi connectivity index (χ2n) is 5.12. The highest BCUT2D eigenvalue weighted by Crippen LogP contribution is 2.28. The second-order valence-corrected chi connectivity index (χ2v) is 5.97. The lowest BCUT2D eigenvalue weighted by Crippen LogP contribution is -2.03. The maximum absolute atomic E-state index is 4.53. The van der Waals surface area contributed by atoms with Gasteiger partial charge in [-0.25, -0.2) is 4.98 Å². The van der Waals surface area contributed by atoms with Crippen molar-refractivity contribution in [1.29, 1.82) is 0 Å². The van der Waals surface area contributed by atoms with Crippen molar-refractivity contribution in [2.75, 3.05) is 17.7 Å². The Bertz CT molecular complexity index is 819. The van der Waals surface area contributed by atoms with E-state index in [9.17, 15) is 0 Å². The molecule has 0 aliphatic rings. The molecule has 23 heavy (non-hydrogen) atoms. The lowest BCUT2D eigenvalue weighted by molar-refractivity contribution is 1.15. The van der Waals surface area contributed by atoms with Gasteiger partial charge in [0.05, 0.1) is 5.69 Å². The van der Waals surface area contributed by atoms with E-state index in [2.05, 4.69) is 43.5 Å². The summed E-state index contributed by atoms with van der Waals surface area (Å²) in [4.78, 5) is 9.03. The number of aromatic nitrogens is 2. The number of rotatable bonds is 4. The standard InChI is InChI=1S/C18H17BrN4/c1-12-14(19)9-6-10-15(12)21-17-11-16(22-18(20-2)23-17)13-7-4-3-5-8-13/h3-11H,1-2H3,(H2,20,21,22,23). The maximum atomic E-state index is 4.53. The highest BCUT2D eigenvalue weighted by molar-refractivity contribution is 9.10. The van der Waals surface area contributed by atoms with Gasteiger partial charge in [-0.2, -0.15) is 4.98 Å². The summed E-state index contributed by atoms with van der Waals surface area (Å²) < 4.78 is 1.06. The number of halogens is 1. The monoisotopic (exact) mass is 368 g/mol. The van der Waals surface area contributed by atoms with E-state index in [1.165, 1.54) is 0 Å². The van der Waals surface area contributed by atoms with Crippen LogP contribution in [0, 0.1) is 6.92 Å². The van der Waals surface area contributed by atoms with Crippen molar-refractivity contribution in [1.82, 2.24) is 9.97 Å². The van der Waals surface area contributed by atoms with Crippen molar-refractivity contribution in [2.24, 2.45) is 0 Å². The van der Waals surface area contributed by atoms with Gasteiger partial charge in [-0.3, -0.25) is 0 Å². The van der Waals surface area contributed by atoms with Crippen molar-refractivity contribution >= 4 is 33.4 Å². The molecular formula is C18H17BrN4. The molecule has 2 aromatic carbocycles. The average molecular weight is 369 g/mol. The second kappa shape index (κ2) is 6.79. The molecule has 0 saturated carbocycles. The zero-order chi connectivity index (χ0) is 16.2. The van der Waals surface area contributed by atoms with E-state index < -0.39 is 0 Å². The van der Waals surface area contributed by atoms with Crippen LogP contribution in [-0.4, -0.2) is 17.0 Å². The molecule has 2 N–H and O–H groups in total. The molecule has 3 rings (SSSR count). The molecule has 0 amide bonds. The maximum Gasteiger partial charge on any atom is 0.224 e. The molecule has 0 saturated heterocycles. The highest BCUT2D eigenvalue weighted by Gasteiger charge is 2.08. The molecule has 1 aromatic heterocycles. The molecule has 1 heterocycles. The normalized spacial score (nSPS) is 10.4. The molecule has 0 radical (unpaired) electrons. The summed E-state index contributed by atoms with van der Waals surface area (Å²) in [5.41, 5.74) is 4.08. The van der Waals surface area contributed by atoms with Crippen LogP contribution in [0.1, 0.15) is 5.56 Å². The van der Waals surface area contributed by atoms with Crippen LogP contribution in [0.25, 0.3) is 11.3 Å². The highest BCUT2D eigenvalue weighted by atomic mass is 79.9. The Morgan fingerprint density at radius 2 is 1.74 bits per heavy atom. The first-order chi connectivity index (χ1) is 11.2. The molecule has 0 bridgehead atoms. The predicted molar refractivity (Wildman–Crippen MR) is 99.2 cm³/mol. The Morgan fingerprint density at radius 3 is 2.48 bits per heavy atom. The van der Waals surface area contributed by atoms with Crippen LogP contribution in [0.5, 0.6) is 0 Å². The minimum absolute atomic E-state index is 0.585. The number of nitrogens with zero attached hydrogens (tertiary/aromatic N) is 2. The minimum Gasteiger partial charge on any atom is -0.357 e. The molecule has 0 unspecified atom stereocenters. The largest absolute Gasteiger partial charge is 0.357 e. The van der Waals surface area contributed by atoms with Gasteiger partial charge >= 0.3 is 0 Å². The molecule has 3 aromatic rings. The van der Waals surface area contributed by atoms with E-state index in [4.69, 9.17) is 0 Å². The summed E-state index contributed by atoms with van der Waals surface area (Å²) in [7, 11) is 1.82. The van der Waals surface area contributed by atoms with Crippen molar-refractivity contribution in [3.63, 3.8) is 0 Å². The lowest BCUT2D eigenvalue weighted by Gasteiger charge is -2.12. The molecule has 0 fully saturated rings. The Labute approximate surface area is 144 Å². The summed E-state index contributed by atoms with van der Waals surface area (Å²) in [6.07, 6.45) is 0. The van der Waals surface area contributed by atoms with E-state index in [1.54, 1.807) is 0 Å². The summed E-state index contributed by atoms with van der Waals surface area (Å²) in [5.74, 6) is 1.34. The van der Waals surface area contributed by atoms with Crippen LogP contribution >= 0.6 is 15.9 Å². The number of anilines is 3. The Kier molecular flexibility index (Phi) is 4.57. The third kappa shape index (κ3) is 3.51. The van der Waals surface area contributed by atoms with Gasteiger partial charge in [0.1, 0.15) is 5.82 Å².